The van der Waals surface area contributed by atoms with Gasteiger partial charge in [0.25, 0.3) is 0 Å². The highest BCUT2D eigenvalue weighted by Crippen LogP contribution is 2.18. The van der Waals surface area contributed by atoms with Gasteiger partial charge in [0, 0.05) is 0 Å². The summed E-state index contributed by atoms with van der Waals surface area (Å²) in [5.74, 6) is -0.0949. The van der Waals surface area contributed by atoms with Gasteiger partial charge in [0.1, 0.15) is 12.4 Å². The SMILES string of the molecule is O=C(O)c1ccccc1Cc1ccc(OCc2ccccc2)cc1. The highest BCUT2D eigenvalue weighted by molar-refractivity contribution is 5.89. The molecule has 0 unspecified atom stereocenters. The van der Waals surface area contributed by atoms with Crippen LogP contribution in [0.1, 0.15) is 27.0 Å². The molecule has 0 spiro atoms. The van der Waals surface area contributed by atoms with Crippen LogP contribution in [0.25, 0.3) is 0 Å². The van der Waals surface area contributed by atoms with Crippen LogP contribution >= 0.6 is 0 Å². The zero-order valence-electron chi connectivity index (χ0n) is 13.2. The highest BCUT2D eigenvalue weighted by atomic mass is 16.5. The first-order chi connectivity index (χ1) is 11.7. The Hall–Kier alpha value is -3.07. The van der Waals surface area contributed by atoms with Gasteiger partial charge in [-0.25, -0.2) is 4.79 Å². The molecule has 0 aliphatic carbocycles. The first kappa shape index (κ1) is 15.8. The van der Waals surface area contributed by atoms with E-state index in [4.69, 9.17) is 4.74 Å². The lowest BCUT2D eigenvalue weighted by molar-refractivity contribution is 0.0696. The molecule has 3 rings (SSSR count). The topological polar surface area (TPSA) is 46.5 Å². The summed E-state index contributed by atoms with van der Waals surface area (Å²) in [5, 5.41) is 9.25. The van der Waals surface area contributed by atoms with Crippen LogP contribution in [-0.2, 0) is 13.0 Å². The van der Waals surface area contributed by atoms with Crippen LogP contribution in [-0.4, -0.2) is 11.1 Å². The second-order valence-corrected chi connectivity index (χ2v) is 5.56. The van der Waals surface area contributed by atoms with Crippen LogP contribution in [0.4, 0.5) is 0 Å². The summed E-state index contributed by atoms with van der Waals surface area (Å²) in [6.07, 6.45) is 0.585. The third kappa shape index (κ3) is 4.02. The first-order valence-electron chi connectivity index (χ1n) is 7.79. The van der Waals surface area contributed by atoms with Crippen LogP contribution in [0.2, 0.25) is 0 Å². The Balaban J connectivity index is 1.66. The van der Waals surface area contributed by atoms with E-state index in [2.05, 4.69) is 0 Å². The van der Waals surface area contributed by atoms with Crippen LogP contribution in [0.3, 0.4) is 0 Å². The van der Waals surface area contributed by atoms with Crippen LogP contribution < -0.4 is 4.74 Å². The Morgan fingerprint density at radius 3 is 2.17 bits per heavy atom. The number of benzene rings is 3. The molecule has 0 aliphatic rings. The number of ether oxygens (including phenoxy) is 1. The van der Waals surface area contributed by atoms with Gasteiger partial charge in [-0.1, -0.05) is 60.7 Å². The van der Waals surface area contributed by atoms with E-state index >= 15 is 0 Å². The minimum atomic E-state index is -0.895. The molecule has 0 amide bonds. The smallest absolute Gasteiger partial charge is 0.335 e. The molecule has 3 heteroatoms. The lowest BCUT2D eigenvalue weighted by atomic mass is 10.00. The van der Waals surface area contributed by atoms with Crippen molar-refractivity contribution in [3.05, 3.63) is 101 Å². The summed E-state index contributed by atoms with van der Waals surface area (Å²) in [6.45, 7) is 0.530. The Labute approximate surface area is 141 Å². The van der Waals surface area contributed by atoms with Gasteiger partial charge in [-0.15, -0.1) is 0 Å². The monoisotopic (exact) mass is 318 g/mol. The summed E-state index contributed by atoms with van der Waals surface area (Å²) < 4.78 is 5.77. The Morgan fingerprint density at radius 1 is 0.792 bits per heavy atom. The van der Waals surface area contributed by atoms with E-state index in [1.807, 2.05) is 66.7 Å². The number of aromatic carboxylic acids is 1. The predicted molar refractivity (Wildman–Crippen MR) is 93.4 cm³/mol. The van der Waals surface area contributed by atoms with Gasteiger partial charge in [-0.2, -0.15) is 0 Å². The molecule has 0 aliphatic heterocycles. The maximum atomic E-state index is 11.3. The second kappa shape index (κ2) is 7.47. The highest BCUT2D eigenvalue weighted by Gasteiger charge is 2.09. The maximum absolute atomic E-state index is 11.3. The number of carboxylic acid groups (broad SMARTS) is 1. The van der Waals surface area contributed by atoms with Gasteiger partial charge < -0.3 is 9.84 Å². The summed E-state index contributed by atoms with van der Waals surface area (Å²) in [7, 11) is 0. The minimum absolute atomic E-state index is 0.349. The summed E-state index contributed by atoms with van der Waals surface area (Å²) in [5.41, 5.74) is 3.33. The molecular weight excluding hydrogens is 300 g/mol. The third-order valence-corrected chi connectivity index (χ3v) is 3.81. The number of rotatable bonds is 6. The number of hydrogen-bond acceptors (Lipinski definition) is 2. The third-order valence-electron chi connectivity index (χ3n) is 3.81. The fraction of sp³-hybridized carbons (Fsp3) is 0.0952. The molecule has 0 aromatic heterocycles. The fourth-order valence-corrected chi connectivity index (χ4v) is 2.55. The molecule has 0 heterocycles. The largest absolute Gasteiger partial charge is 0.489 e. The Morgan fingerprint density at radius 2 is 1.46 bits per heavy atom. The van der Waals surface area contributed by atoms with E-state index in [1.54, 1.807) is 12.1 Å². The van der Waals surface area contributed by atoms with Gasteiger partial charge in [-0.05, 0) is 41.3 Å². The summed E-state index contributed by atoms with van der Waals surface area (Å²) in [4.78, 5) is 11.3. The lowest BCUT2D eigenvalue weighted by Gasteiger charge is -2.09. The van der Waals surface area contributed by atoms with Gasteiger partial charge in [0.15, 0.2) is 0 Å². The van der Waals surface area contributed by atoms with Gasteiger partial charge >= 0.3 is 5.97 Å². The number of carbonyl (C=O) groups is 1. The molecule has 0 saturated carbocycles. The van der Waals surface area contributed by atoms with Crippen molar-refractivity contribution < 1.29 is 14.6 Å². The second-order valence-electron chi connectivity index (χ2n) is 5.56. The lowest BCUT2D eigenvalue weighted by Crippen LogP contribution is -2.02. The first-order valence-corrected chi connectivity index (χ1v) is 7.79. The van der Waals surface area contributed by atoms with Crippen molar-refractivity contribution in [3.8, 4) is 5.75 Å². The summed E-state index contributed by atoms with van der Waals surface area (Å²) >= 11 is 0. The van der Waals surface area contributed by atoms with Crippen molar-refractivity contribution >= 4 is 5.97 Å². The number of hydrogen-bond donors (Lipinski definition) is 1. The zero-order chi connectivity index (χ0) is 16.8. The van der Waals surface area contributed by atoms with Gasteiger partial charge in [0.2, 0.25) is 0 Å². The standard InChI is InChI=1S/C21H18O3/c22-21(23)20-9-5-4-8-18(20)14-16-10-12-19(13-11-16)24-15-17-6-2-1-3-7-17/h1-13H,14-15H2,(H,22,23). The van der Waals surface area contributed by atoms with Crippen molar-refractivity contribution in [1.82, 2.24) is 0 Å². The Bertz CT molecular complexity index is 808. The molecule has 3 aromatic carbocycles. The molecule has 3 nitrogen and oxygen atoms in total. The normalized spacial score (nSPS) is 10.3. The summed E-state index contributed by atoms with van der Waals surface area (Å²) in [6, 6.07) is 24.9. The van der Waals surface area contributed by atoms with E-state index in [0.29, 0.717) is 18.6 Å². The van der Waals surface area contributed by atoms with E-state index in [1.165, 1.54) is 0 Å². The maximum Gasteiger partial charge on any atom is 0.335 e. The molecule has 24 heavy (non-hydrogen) atoms. The minimum Gasteiger partial charge on any atom is -0.489 e. The van der Waals surface area contributed by atoms with E-state index in [9.17, 15) is 9.90 Å². The average molecular weight is 318 g/mol. The van der Waals surface area contributed by atoms with Crippen molar-refractivity contribution in [3.63, 3.8) is 0 Å². The molecule has 0 bridgehead atoms. The molecule has 120 valence electrons. The van der Waals surface area contributed by atoms with Crippen molar-refractivity contribution in [2.45, 2.75) is 13.0 Å². The number of carboxylic acids is 1. The molecule has 0 fully saturated rings. The molecule has 0 radical (unpaired) electrons. The molecule has 0 atom stereocenters. The van der Waals surface area contributed by atoms with Gasteiger partial charge in [0.05, 0.1) is 5.56 Å². The van der Waals surface area contributed by atoms with Crippen LogP contribution in [0.5, 0.6) is 5.75 Å². The van der Waals surface area contributed by atoms with E-state index in [-0.39, 0.29) is 0 Å². The molecule has 3 aromatic rings. The Kier molecular flexibility index (Phi) is 4.92. The van der Waals surface area contributed by atoms with E-state index < -0.39 is 5.97 Å². The molecule has 1 N–H and O–H groups in total. The quantitative estimate of drug-likeness (QED) is 0.725. The van der Waals surface area contributed by atoms with Crippen molar-refractivity contribution in [2.24, 2.45) is 0 Å². The van der Waals surface area contributed by atoms with Crippen molar-refractivity contribution in [1.29, 1.82) is 0 Å². The fourth-order valence-electron chi connectivity index (χ4n) is 2.55. The van der Waals surface area contributed by atoms with Gasteiger partial charge in [-0.3, -0.25) is 0 Å². The van der Waals surface area contributed by atoms with Crippen LogP contribution in [0.15, 0.2) is 78.9 Å². The van der Waals surface area contributed by atoms with Crippen LogP contribution in [0, 0.1) is 0 Å². The van der Waals surface area contributed by atoms with Crippen molar-refractivity contribution in [2.75, 3.05) is 0 Å². The average Bonchev–Trinajstić information content (AvgIpc) is 2.62. The predicted octanol–water partition coefficient (Wildman–Crippen LogP) is 4.55. The zero-order valence-corrected chi connectivity index (χ0v) is 13.2. The molecule has 0 saturated heterocycles. The molecular formula is C21H18O3. The van der Waals surface area contributed by atoms with E-state index in [0.717, 1.165) is 22.4 Å².